The Morgan fingerprint density at radius 3 is 2.41 bits per heavy atom. The lowest BCUT2D eigenvalue weighted by Crippen LogP contribution is -2.42. The maximum atomic E-state index is 12.2. The molecular formula is C27H32N2O5. The van der Waals surface area contributed by atoms with Crippen LogP contribution < -0.4 is 4.74 Å². The molecule has 0 saturated carbocycles. The van der Waals surface area contributed by atoms with Gasteiger partial charge < -0.3 is 23.7 Å². The highest BCUT2D eigenvalue weighted by Gasteiger charge is 2.25. The maximum Gasteiger partial charge on any atom is 0.409 e. The average Bonchev–Trinajstić information content (AvgIpc) is 3.28. The van der Waals surface area contributed by atoms with E-state index in [2.05, 4.69) is 10.6 Å². The molecule has 1 fully saturated rings. The SMILES string of the molecule is CCOC(=O)c1ccc(-n2ccc3c(OC4CCN(C(=O)OCC(C)C)CC4)cccc32)cc1. The van der Waals surface area contributed by atoms with Gasteiger partial charge in [0.25, 0.3) is 0 Å². The molecule has 3 aromatic rings. The van der Waals surface area contributed by atoms with Crippen molar-refractivity contribution in [3.63, 3.8) is 0 Å². The number of piperidine rings is 1. The molecule has 0 N–H and O–H groups in total. The summed E-state index contributed by atoms with van der Waals surface area (Å²) in [5, 5.41) is 1.02. The standard InChI is InChI=1S/C27H32N2O5/c1-4-32-26(30)20-8-10-21(11-9-20)29-17-14-23-24(29)6-5-7-25(23)34-22-12-15-28(16-13-22)27(31)33-18-19(2)3/h5-11,14,17,19,22H,4,12-13,15-16,18H2,1-3H3. The van der Waals surface area contributed by atoms with Gasteiger partial charge in [-0.2, -0.15) is 0 Å². The van der Waals surface area contributed by atoms with Crippen molar-refractivity contribution in [3.05, 3.63) is 60.3 Å². The molecule has 1 aliphatic heterocycles. The van der Waals surface area contributed by atoms with Crippen molar-refractivity contribution in [3.8, 4) is 11.4 Å². The predicted molar refractivity (Wildman–Crippen MR) is 131 cm³/mol. The third-order valence-electron chi connectivity index (χ3n) is 5.88. The first-order chi connectivity index (χ1) is 16.5. The third kappa shape index (κ3) is 5.35. The van der Waals surface area contributed by atoms with Crippen molar-refractivity contribution >= 4 is 23.0 Å². The quantitative estimate of drug-likeness (QED) is 0.435. The Bertz CT molecular complexity index is 1130. The number of esters is 1. The first-order valence-electron chi connectivity index (χ1n) is 11.9. The van der Waals surface area contributed by atoms with Crippen LogP contribution in [0.3, 0.4) is 0 Å². The Hall–Kier alpha value is -3.48. The molecule has 1 aliphatic rings. The van der Waals surface area contributed by atoms with Crippen molar-refractivity contribution in [2.75, 3.05) is 26.3 Å². The molecule has 1 aromatic heterocycles. The lowest BCUT2D eigenvalue weighted by atomic mass is 10.1. The number of rotatable bonds is 7. The second-order valence-corrected chi connectivity index (χ2v) is 8.92. The molecular weight excluding hydrogens is 432 g/mol. The number of ether oxygens (including phenoxy) is 3. The van der Waals surface area contributed by atoms with Gasteiger partial charge in [-0.15, -0.1) is 0 Å². The highest BCUT2D eigenvalue weighted by atomic mass is 16.6. The minimum absolute atomic E-state index is 0.0481. The molecule has 7 heteroatoms. The zero-order chi connectivity index (χ0) is 24.1. The topological polar surface area (TPSA) is 70.0 Å². The number of likely N-dealkylation sites (tertiary alicyclic amines) is 1. The second kappa shape index (κ2) is 10.6. The summed E-state index contributed by atoms with van der Waals surface area (Å²) in [6.45, 7) is 7.91. The van der Waals surface area contributed by atoms with E-state index in [1.807, 2.05) is 50.4 Å². The number of hydrogen-bond acceptors (Lipinski definition) is 5. The van der Waals surface area contributed by atoms with E-state index in [4.69, 9.17) is 14.2 Å². The van der Waals surface area contributed by atoms with Gasteiger partial charge in [0.05, 0.1) is 24.3 Å². The van der Waals surface area contributed by atoms with Crippen LogP contribution in [0.25, 0.3) is 16.6 Å². The molecule has 0 spiro atoms. The molecule has 2 heterocycles. The zero-order valence-electron chi connectivity index (χ0n) is 20.0. The van der Waals surface area contributed by atoms with Crippen LogP contribution in [0.5, 0.6) is 5.75 Å². The maximum absolute atomic E-state index is 12.2. The van der Waals surface area contributed by atoms with Gasteiger partial charge in [-0.1, -0.05) is 19.9 Å². The minimum Gasteiger partial charge on any atom is -0.490 e. The lowest BCUT2D eigenvalue weighted by molar-refractivity contribution is 0.0525. The van der Waals surface area contributed by atoms with Crippen LogP contribution in [0, 0.1) is 5.92 Å². The fourth-order valence-electron chi connectivity index (χ4n) is 4.10. The van der Waals surface area contributed by atoms with Gasteiger partial charge in [0, 0.05) is 43.2 Å². The first-order valence-corrected chi connectivity index (χ1v) is 11.9. The summed E-state index contributed by atoms with van der Waals surface area (Å²) >= 11 is 0. The molecule has 0 atom stereocenters. The van der Waals surface area contributed by atoms with Gasteiger partial charge in [0.1, 0.15) is 11.9 Å². The van der Waals surface area contributed by atoms with Crippen molar-refractivity contribution in [1.29, 1.82) is 0 Å². The molecule has 0 unspecified atom stereocenters. The van der Waals surface area contributed by atoms with E-state index in [1.165, 1.54) is 0 Å². The molecule has 0 bridgehead atoms. The Labute approximate surface area is 200 Å². The highest BCUT2D eigenvalue weighted by molar-refractivity contribution is 5.90. The van der Waals surface area contributed by atoms with Crippen LogP contribution in [-0.4, -0.2) is 53.9 Å². The van der Waals surface area contributed by atoms with Crippen LogP contribution in [-0.2, 0) is 9.47 Å². The van der Waals surface area contributed by atoms with Crippen molar-refractivity contribution in [1.82, 2.24) is 9.47 Å². The lowest BCUT2D eigenvalue weighted by Gasteiger charge is -2.31. The van der Waals surface area contributed by atoms with E-state index in [-0.39, 0.29) is 18.2 Å². The fourth-order valence-corrected chi connectivity index (χ4v) is 4.10. The summed E-state index contributed by atoms with van der Waals surface area (Å²) in [5.41, 5.74) is 2.51. The summed E-state index contributed by atoms with van der Waals surface area (Å²) in [7, 11) is 0. The number of hydrogen-bond donors (Lipinski definition) is 0. The zero-order valence-corrected chi connectivity index (χ0v) is 20.0. The van der Waals surface area contributed by atoms with Crippen LogP contribution in [0.1, 0.15) is 44.0 Å². The number of carbonyl (C=O) groups excluding carboxylic acids is 2. The number of fused-ring (bicyclic) bond motifs is 1. The summed E-state index contributed by atoms with van der Waals surface area (Å²) in [6.07, 6.45) is 3.35. The fraction of sp³-hybridized carbons (Fsp3) is 0.407. The van der Waals surface area contributed by atoms with Crippen molar-refractivity contribution in [2.45, 2.75) is 39.7 Å². The summed E-state index contributed by atoms with van der Waals surface area (Å²) in [6, 6.07) is 15.4. The summed E-state index contributed by atoms with van der Waals surface area (Å²) in [4.78, 5) is 25.9. The molecule has 180 valence electrons. The van der Waals surface area contributed by atoms with Gasteiger partial charge in [-0.05, 0) is 55.3 Å². The smallest absolute Gasteiger partial charge is 0.409 e. The van der Waals surface area contributed by atoms with Crippen molar-refractivity contribution in [2.24, 2.45) is 5.92 Å². The van der Waals surface area contributed by atoms with E-state index in [0.29, 0.717) is 37.8 Å². The Balaban J connectivity index is 1.43. The molecule has 0 aliphatic carbocycles. The summed E-state index contributed by atoms with van der Waals surface area (Å²) in [5.74, 6) is 0.842. The molecule has 2 aromatic carbocycles. The average molecular weight is 465 g/mol. The van der Waals surface area contributed by atoms with Gasteiger partial charge in [-0.3, -0.25) is 0 Å². The molecule has 1 saturated heterocycles. The number of benzene rings is 2. The van der Waals surface area contributed by atoms with E-state index in [1.54, 1.807) is 24.0 Å². The first kappa shape index (κ1) is 23.7. The number of amides is 1. The minimum atomic E-state index is -0.318. The molecule has 0 radical (unpaired) electrons. The van der Waals surface area contributed by atoms with Gasteiger partial charge >= 0.3 is 12.1 Å². The molecule has 7 nitrogen and oxygen atoms in total. The van der Waals surface area contributed by atoms with Crippen LogP contribution in [0.2, 0.25) is 0 Å². The summed E-state index contributed by atoms with van der Waals surface area (Å²) < 4.78 is 18.9. The number of carbonyl (C=O) groups is 2. The van der Waals surface area contributed by atoms with Crippen LogP contribution >= 0.6 is 0 Å². The van der Waals surface area contributed by atoms with Crippen LogP contribution in [0.15, 0.2) is 54.7 Å². The van der Waals surface area contributed by atoms with Crippen molar-refractivity contribution < 1.29 is 23.8 Å². The van der Waals surface area contributed by atoms with E-state index in [9.17, 15) is 9.59 Å². The van der Waals surface area contributed by atoms with Gasteiger partial charge in [-0.25, -0.2) is 9.59 Å². The highest BCUT2D eigenvalue weighted by Crippen LogP contribution is 2.31. The second-order valence-electron chi connectivity index (χ2n) is 8.92. The molecule has 1 amide bonds. The molecule has 4 rings (SSSR count). The Kier molecular flexibility index (Phi) is 7.40. The van der Waals surface area contributed by atoms with Gasteiger partial charge in [0.2, 0.25) is 0 Å². The monoisotopic (exact) mass is 464 g/mol. The number of aromatic nitrogens is 1. The largest absolute Gasteiger partial charge is 0.490 e. The van der Waals surface area contributed by atoms with E-state index >= 15 is 0 Å². The van der Waals surface area contributed by atoms with Gasteiger partial charge in [0.15, 0.2) is 0 Å². The van der Waals surface area contributed by atoms with E-state index < -0.39 is 0 Å². The molecule has 34 heavy (non-hydrogen) atoms. The van der Waals surface area contributed by atoms with E-state index in [0.717, 1.165) is 35.2 Å². The predicted octanol–water partition coefficient (Wildman–Crippen LogP) is 5.44. The third-order valence-corrected chi connectivity index (χ3v) is 5.88. The number of nitrogens with zero attached hydrogens (tertiary/aromatic N) is 2. The normalized spacial score (nSPS) is 14.4. The van der Waals surface area contributed by atoms with Crippen LogP contribution in [0.4, 0.5) is 4.79 Å². The Morgan fingerprint density at radius 1 is 1.00 bits per heavy atom. The Morgan fingerprint density at radius 2 is 1.74 bits per heavy atom.